The van der Waals surface area contributed by atoms with E-state index in [-0.39, 0.29) is 17.7 Å². The second kappa shape index (κ2) is 4.97. The third-order valence-corrected chi connectivity index (χ3v) is 3.99. The maximum absolute atomic E-state index is 11.5. The minimum absolute atomic E-state index is 0.0921. The van der Waals surface area contributed by atoms with E-state index in [0.717, 1.165) is 6.26 Å². The van der Waals surface area contributed by atoms with Crippen molar-refractivity contribution < 1.29 is 18.3 Å². The van der Waals surface area contributed by atoms with Gasteiger partial charge in [-0.1, -0.05) is 22.0 Å². The number of carboxylic acids is 1. The Morgan fingerprint density at radius 3 is 2.56 bits per heavy atom. The van der Waals surface area contributed by atoms with E-state index in [9.17, 15) is 13.2 Å². The van der Waals surface area contributed by atoms with E-state index in [1.807, 2.05) is 0 Å². The van der Waals surface area contributed by atoms with Gasteiger partial charge in [-0.15, -0.1) is 0 Å². The molecule has 1 rings (SSSR count). The summed E-state index contributed by atoms with van der Waals surface area (Å²) >= 11 is 3.23. The predicted octanol–water partition coefficient (Wildman–Crippen LogP) is 1.87. The topological polar surface area (TPSA) is 71.4 Å². The molecule has 1 aromatic rings. The number of hydrogen-bond acceptors (Lipinski definition) is 3. The SMILES string of the molecule is CS(=O)(=O)c1cccc(Br)c1CCC(=O)O. The Bertz CT molecular complexity index is 508. The molecule has 0 aliphatic heterocycles. The molecule has 0 saturated carbocycles. The van der Waals surface area contributed by atoms with Crippen LogP contribution in [0.4, 0.5) is 0 Å². The van der Waals surface area contributed by atoms with Gasteiger partial charge in [0, 0.05) is 17.1 Å². The predicted molar refractivity (Wildman–Crippen MR) is 63.2 cm³/mol. The number of sulfone groups is 1. The van der Waals surface area contributed by atoms with E-state index < -0.39 is 15.8 Å². The van der Waals surface area contributed by atoms with E-state index >= 15 is 0 Å². The van der Waals surface area contributed by atoms with Crippen LogP contribution in [0.5, 0.6) is 0 Å². The summed E-state index contributed by atoms with van der Waals surface area (Å²) in [6, 6.07) is 4.80. The maximum Gasteiger partial charge on any atom is 0.303 e. The first-order valence-corrected chi connectivity index (χ1v) is 7.20. The Kier molecular flexibility index (Phi) is 4.09. The first-order valence-electron chi connectivity index (χ1n) is 4.51. The van der Waals surface area contributed by atoms with Crippen LogP contribution in [-0.4, -0.2) is 25.7 Å². The third kappa shape index (κ3) is 3.31. The molecule has 0 heterocycles. The molecule has 0 aliphatic rings. The lowest BCUT2D eigenvalue weighted by molar-refractivity contribution is -0.136. The quantitative estimate of drug-likeness (QED) is 0.922. The van der Waals surface area contributed by atoms with Gasteiger partial charge in [-0.2, -0.15) is 0 Å². The molecular formula is C10H11BrO4S. The van der Waals surface area contributed by atoms with Crippen molar-refractivity contribution in [2.45, 2.75) is 17.7 Å². The molecule has 0 spiro atoms. The van der Waals surface area contributed by atoms with Crippen molar-refractivity contribution in [2.75, 3.05) is 6.26 Å². The van der Waals surface area contributed by atoms with Crippen LogP contribution in [0, 0.1) is 0 Å². The minimum Gasteiger partial charge on any atom is -0.481 e. The van der Waals surface area contributed by atoms with E-state index in [0.29, 0.717) is 10.0 Å². The van der Waals surface area contributed by atoms with Gasteiger partial charge in [-0.25, -0.2) is 8.42 Å². The highest BCUT2D eigenvalue weighted by molar-refractivity contribution is 9.10. The van der Waals surface area contributed by atoms with Crippen LogP contribution in [-0.2, 0) is 21.1 Å². The van der Waals surface area contributed by atoms with Crippen molar-refractivity contribution in [2.24, 2.45) is 0 Å². The third-order valence-electron chi connectivity index (χ3n) is 2.06. The summed E-state index contributed by atoms with van der Waals surface area (Å²) in [4.78, 5) is 10.7. The molecule has 0 aromatic heterocycles. The molecule has 0 unspecified atom stereocenters. The van der Waals surface area contributed by atoms with E-state index in [4.69, 9.17) is 5.11 Å². The van der Waals surface area contributed by atoms with Gasteiger partial charge >= 0.3 is 5.97 Å². The molecular weight excluding hydrogens is 296 g/mol. The van der Waals surface area contributed by atoms with Gasteiger partial charge in [-0.3, -0.25) is 4.79 Å². The van der Waals surface area contributed by atoms with E-state index in [1.165, 1.54) is 6.07 Å². The molecule has 0 atom stereocenters. The Labute approximate surface area is 102 Å². The van der Waals surface area contributed by atoms with Gasteiger partial charge in [0.15, 0.2) is 9.84 Å². The molecule has 0 radical (unpaired) electrons. The number of carboxylic acid groups (broad SMARTS) is 1. The molecule has 1 aromatic carbocycles. The fraction of sp³-hybridized carbons (Fsp3) is 0.300. The van der Waals surface area contributed by atoms with Gasteiger partial charge in [-0.05, 0) is 24.1 Å². The Hall–Kier alpha value is -0.880. The summed E-state index contributed by atoms with van der Waals surface area (Å²) in [7, 11) is -3.33. The molecule has 0 bridgehead atoms. The zero-order valence-corrected chi connectivity index (χ0v) is 11.0. The van der Waals surface area contributed by atoms with E-state index in [1.54, 1.807) is 12.1 Å². The van der Waals surface area contributed by atoms with Crippen molar-refractivity contribution in [1.29, 1.82) is 0 Å². The largest absolute Gasteiger partial charge is 0.481 e. The summed E-state index contributed by atoms with van der Waals surface area (Å²) < 4.78 is 23.6. The fourth-order valence-electron chi connectivity index (χ4n) is 1.36. The Morgan fingerprint density at radius 2 is 2.06 bits per heavy atom. The molecule has 0 fully saturated rings. The molecule has 4 nitrogen and oxygen atoms in total. The zero-order valence-electron chi connectivity index (χ0n) is 8.60. The molecule has 0 aliphatic carbocycles. The van der Waals surface area contributed by atoms with Crippen molar-refractivity contribution >= 4 is 31.7 Å². The van der Waals surface area contributed by atoms with Crippen LogP contribution in [0.3, 0.4) is 0 Å². The van der Waals surface area contributed by atoms with Crippen molar-refractivity contribution in [1.82, 2.24) is 0 Å². The zero-order chi connectivity index (χ0) is 12.3. The van der Waals surface area contributed by atoms with Gasteiger partial charge < -0.3 is 5.11 Å². The fourth-order valence-corrected chi connectivity index (χ4v) is 3.04. The van der Waals surface area contributed by atoms with Gasteiger partial charge in [0.1, 0.15) is 0 Å². The van der Waals surface area contributed by atoms with Crippen LogP contribution >= 0.6 is 15.9 Å². The lowest BCUT2D eigenvalue weighted by Gasteiger charge is -2.08. The molecule has 0 amide bonds. The van der Waals surface area contributed by atoms with Crippen molar-refractivity contribution in [3.05, 3.63) is 28.2 Å². The summed E-state index contributed by atoms with van der Waals surface area (Å²) in [5, 5.41) is 8.59. The van der Waals surface area contributed by atoms with Crippen molar-refractivity contribution in [3.8, 4) is 0 Å². The summed E-state index contributed by atoms with van der Waals surface area (Å²) in [5.74, 6) is -0.949. The lowest BCUT2D eigenvalue weighted by Crippen LogP contribution is -2.05. The number of rotatable bonds is 4. The first-order chi connectivity index (χ1) is 7.32. The molecule has 0 saturated heterocycles. The minimum atomic E-state index is -3.33. The Balaban J connectivity index is 3.19. The normalized spacial score (nSPS) is 11.4. The molecule has 88 valence electrons. The number of hydrogen-bond donors (Lipinski definition) is 1. The van der Waals surface area contributed by atoms with Gasteiger partial charge in [0.25, 0.3) is 0 Å². The van der Waals surface area contributed by atoms with Crippen LogP contribution in [0.1, 0.15) is 12.0 Å². The first kappa shape index (κ1) is 13.2. The lowest BCUT2D eigenvalue weighted by atomic mass is 10.1. The van der Waals surface area contributed by atoms with Crippen molar-refractivity contribution in [3.63, 3.8) is 0 Å². The molecule has 6 heteroatoms. The Morgan fingerprint density at radius 1 is 1.44 bits per heavy atom. The monoisotopic (exact) mass is 306 g/mol. The van der Waals surface area contributed by atoms with Gasteiger partial charge in [0.2, 0.25) is 0 Å². The second-order valence-corrected chi connectivity index (χ2v) is 6.22. The number of halogens is 1. The summed E-state index contributed by atoms with van der Waals surface area (Å²) in [6.45, 7) is 0. The van der Waals surface area contributed by atoms with Crippen LogP contribution in [0.25, 0.3) is 0 Å². The highest BCUT2D eigenvalue weighted by Gasteiger charge is 2.16. The summed E-state index contributed by atoms with van der Waals surface area (Å²) in [5.41, 5.74) is 0.521. The second-order valence-electron chi connectivity index (χ2n) is 3.38. The molecule has 1 N–H and O–H groups in total. The van der Waals surface area contributed by atoms with Crippen LogP contribution in [0.2, 0.25) is 0 Å². The van der Waals surface area contributed by atoms with Crippen LogP contribution in [0.15, 0.2) is 27.6 Å². The standard InChI is InChI=1S/C10H11BrO4S/c1-16(14,15)9-4-2-3-8(11)7(9)5-6-10(12)13/h2-4H,5-6H2,1H3,(H,12,13). The maximum atomic E-state index is 11.5. The highest BCUT2D eigenvalue weighted by Crippen LogP contribution is 2.25. The molecule has 16 heavy (non-hydrogen) atoms. The smallest absolute Gasteiger partial charge is 0.303 e. The average molecular weight is 307 g/mol. The number of aliphatic carboxylic acids is 1. The highest BCUT2D eigenvalue weighted by atomic mass is 79.9. The van der Waals surface area contributed by atoms with Crippen LogP contribution < -0.4 is 0 Å². The number of carbonyl (C=O) groups is 1. The van der Waals surface area contributed by atoms with Gasteiger partial charge in [0.05, 0.1) is 4.90 Å². The summed E-state index contributed by atoms with van der Waals surface area (Å²) in [6.07, 6.45) is 1.21. The average Bonchev–Trinajstić information content (AvgIpc) is 2.13. The number of benzene rings is 1. The van der Waals surface area contributed by atoms with E-state index in [2.05, 4.69) is 15.9 Å².